The summed E-state index contributed by atoms with van der Waals surface area (Å²) in [6.45, 7) is 4.77. The second-order valence-corrected chi connectivity index (χ2v) is 8.39. The van der Waals surface area contributed by atoms with E-state index < -0.39 is 8.80 Å². The zero-order valence-electron chi connectivity index (χ0n) is 10.8. The molecule has 17 heavy (non-hydrogen) atoms. The minimum Gasteiger partial charge on any atom is -0.375 e. The van der Waals surface area contributed by atoms with Crippen LogP contribution in [-0.4, -0.2) is 20.6 Å². The summed E-state index contributed by atoms with van der Waals surface area (Å²) in [5.41, 5.74) is 1.84. The van der Waals surface area contributed by atoms with Crippen LogP contribution >= 0.6 is 0 Å². The molecular weight excluding hydrogens is 224 g/mol. The van der Waals surface area contributed by atoms with Crippen molar-refractivity contribution in [1.82, 2.24) is 0 Å². The van der Waals surface area contributed by atoms with Gasteiger partial charge >= 0.3 is 0 Å². The predicted molar refractivity (Wildman–Crippen MR) is 76.9 cm³/mol. The lowest BCUT2D eigenvalue weighted by atomic mass is 10.1. The Hall–Kier alpha value is -0.863. The van der Waals surface area contributed by atoms with Crippen LogP contribution in [0.5, 0.6) is 0 Å². The molecule has 1 aliphatic rings. The zero-order chi connectivity index (χ0) is 12.1. The number of rotatable bonds is 3. The van der Waals surface area contributed by atoms with Crippen molar-refractivity contribution in [1.29, 1.82) is 0 Å². The summed E-state index contributed by atoms with van der Waals surface area (Å²) in [6, 6.07) is 10.5. The number of benzene rings is 1. The van der Waals surface area contributed by atoms with Gasteiger partial charge in [-0.2, -0.15) is 0 Å². The molecule has 2 rings (SSSR count). The Morgan fingerprint density at radius 1 is 1.18 bits per heavy atom. The van der Waals surface area contributed by atoms with E-state index in [2.05, 4.69) is 55.6 Å². The average Bonchev–Trinajstić information content (AvgIpc) is 2.38. The van der Waals surface area contributed by atoms with E-state index in [0.29, 0.717) is 11.8 Å². The maximum atomic E-state index is 6.14. The third kappa shape index (κ3) is 3.82. The smallest absolute Gasteiger partial charge is 0.0758 e. The molecule has 1 aromatic rings. The third-order valence-corrected chi connectivity index (χ3v) is 5.35. The van der Waals surface area contributed by atoms with Gasteiger partial charge in [0.05, 0.1) is 14.9 Å². The van der Waals surface area contributed by atoms with Gasteiger partial charge in [-0.3, -0.25) is 0 Å². The molecule has 0 N–H and O–H groups in total. The molecule has 92 valence electrons. The molecule has 2 atom stereocenters. The Morgan fingerprint density at radius 3 is 2.65 bits per heavy atom. The summed E-state index contributed by atoms with van der Waals surface area (Å²) in [4.78, 5) is 0. The standard InChI is InChI=1S/C15H22OSi/c1-17(2)15-10-6-9-14(16-15)12-11-13-7-4-3-5-8-13/h3-5,7-8,11-12,14-15,17H,6,9-10H2,1-2H3. The molecule has 1 aromatic carbocycles. The van der Waals surface area contributed by atoms with Crippen LogP contribution in [0.3, 0.4) is 0 Å². The molecule has 0 aromatic heterocycles. The van der Waals surface area contributed by atoms with E-state index in [9.17, 15) is 0 Å². The van der Waals surface area contributed by atoms with Gasteiger partial charge in [0.2, 0.25) is 0 Å². The van der Waals surface area contributed by atoms with E-state index in [1.807, 2.05) is 0 Å². The Kier molecular flexibility index (Phi) is 4.57. The van der Waals surface area contributed by atoms with E-state index in [0.717, 1.165) is 0 Å². The molecular formula is C15H22OSi. The molecule has 0 saturated carbocycles. The van der Waals surface area contributed by atoms with Gasteiger partial charge in [-0.1, -0.05) is 55.6 Å². The minimum atomic E-state index is -0.645. The van der Waals surface area contributed by atoms with Crippen molar-refractivity contribution < 1.29 is 4.74 Å². The highest BCUT2D eigenvalue weighted by atomic mass is 28.3. The Bertz CT molecular complexity index is 358. The molecule has 1 aliphatic heterocycles. The molecule has 1 heterocycles. The molecule has 0 spiro atoms. The highest BCUT2D eigenvalue weighted by molar-refractivity contribution is 6.57. The molecule has 0 radical (unpaired) electrons. The monoisotopic (exact) mass is 246 g/mol. The van der Waals surface area contributed by atoms with Gasteiger partial charge in [0.25, 0.3) is 0 Å². The van der Waals surface area contributed by atoms with Crippen molar-refractivity contribution in [3.8, 4) is 0 Å². The second-order valence-electron chi connectivity index (χ2n) is 5.16. The lowest BCUT2D eigenvalue weighted by Gasteiger charge is -2.30. The largest absolute Gasteiger partial charge is 0.375 e. The van der Waals surface area contributed by atoms with Crippen LogP contribution in [0.25, 0.3) is 6.08 Å². The fourth-order valence-corrected chi connectivity index (χ4v) is 3.71. The van der Waals surface area contributed by atoms with Gasteiger partial charge in [-0.25, -0.2) is 0 Å². The normalized spacial score (nSPS) is 25.6. The van der Waals surface area contributed by atoms with Crippen molar-refractivity contribution in [2.75, 3.05) is 0 Å². The molecule has 0 aliphatic carbocycles. The highest BCUT2D eigenvalue weighted by Gasteiger charge is 2.23. The van der Waals surface area contributed by atoms with Crippen LogP contribution in [0.4, 0.5) is 0 Å². The SMILES string of the molecule is C[SiH](C)C1CCCC(C=Cc2ccccc2)O1. The van der Waals surface area contributed by atoms with Crippen LogP contribution in [0.15, 0.2) is 36.4 Å². The van der Waals surface area contributed by atoms with Crippen molar-refractivity contribution >= 4 is 14.9 Å². The topological polar surface area (TPSA) is 9.23 Å². The molecule has 0 amide bonds. The van der Waals surface area contributed by atoms with Crippen LogP contribution in [0.1, 0.15) is 24.8 Å². The van der Waals surface area contributed by atoms with E-state index in [4.69, 9.17) is 4.74 Å². The Labute approximate surface area is 106 Å². The lowest BCUT2D eigenvalue weighted by Crippen LogP contribution is -2.35. The quantitative estimate of drug-likeness (QED) is 0.740. The zero-order valence-corrected chi connectivity index (χ0v) is 12.0. The third-order valence-electron chi connectivity index (χ3n) is 3.37. The van der Waals surface area contributed by atoms with Crippen LogP contribution < -0.4 is 0 Å². The van der Waals surface area contributed by atoms with E-state index in [1.54, 1.807) is 0 Å². The number of ether oxygens (including phenoxy) is 1. The van der Waals surface area contributed by atoms with Crippen molar-refractivity contribution in [3.05, 3.63) is 42.0 Å². The maximum Gasteiger partial charge on any atom is 0.0758 e. The van der Waals surface area contributed by atoms with Gasteiger partial charge in [-0.05, 0) is 24.8 Å². The molecule has 1 saturated heterocycles. The van der Waals surface area contributed by atoms with E-state index in [-0.39, 0.29) is 0 Å². The van der Waals surface area contributed by atoms with Crippen LogP contribution in [0.2, 0.25) is 13.1 Å². The van der Waals surface area contributed by atoms with Gasteiger partial charge in [0.1, 0.15) is 0 Å². The number of hydrogen-bond donors (Lipinski definition) is 0. The molecule has 2 heteroatoms. The van der Waals surface area contributed by atoms with Gasteiger partial charge < -0.3 is 4.74 Å². The maximum absolute atomic E-state index is 6.14. The second kappa shape index (κ2) is 6.17. The molecule has 2 unspecified atom stereocenters. The first-order valence-electron chi connectivity index (χ1n) is 6.64. The van der Waals surface area contributed by atoms with E-state index in [1.165, 1.54) is 24.8 Å². The van der Waals surface area contributed by atoms with Crippen molar-refractivity contribution in [2.45, 2.75) is 44.2 Å². The first-order valence-corrected chi connectivity index (χ1v) is 9.62. The van der Waals surface area contributed by atoms with Gasteiger partial charge in [-0.15, -0.1) is 0 Å². The fourth-order valence-electron chi connectivity index (χ4n) is 2.30. The summed E-state index contributed by atoms with van der Waals surface area (Å²) < 4.78 is 6.14. The Balaban J connectivity index is 1.93. The summed E-state index contributed by atoms with van der Waals surface area (Å²) >= 11 is 0. The number of hydrogen-bond acceptors (Lipinski definition) is 1. The van der Waals surface area contributed by atoms with Crippen molar-refractivity contribution in [2.24, 2.45) is 0 Å². The summed E-state index contributed by atoms with van der Waals surface area (Å²) in [5, 5.41) is 0. The molecule has 1 fully saturated rings. The lowest BCUT2D eigenvalue weighted by molar-refractivity contribution is 0.0170. The first kappa shape index (κ1) is 12.6. The van der Waals surface area contributed by atoms with Crippen LogP contribution in [-0.2, 0) is 4.74 Å². The highest BCUT2D eigenvalue weighted by Crippen LogP contribution is 2.22. The first-order chi connectivity index (χ1) is 8.25. The van der Waals surface area contributed by atoms with Gasteiger partial charge in [0, 0.05) is 5.73 Å². The molecule has 0 bridgehead atoms. The Morgan fingerprint density at radius 2 is 1.94 bits per heavy atom. The molecule has 1 nitrogen and oxygen atoms in total. The van der Waals surface area contributed by atoms with E-state index >= 15 is 0 Å². The van der Waals surface area contributed by atoms with Crippen molar-refractivity contribution in [3.63, 3.8) is 0 Å². The fraction of sp³-hybridized carbons (Fsp3) is 0.467. The summed E-state index contributed by atoms with van der Waals surface area (Å²) in [5.74, 6) is 0. The summed E-state index contributed by atoms with van der Waals surface area (Å²) in [7, 11) is -0.645. The van der Waals surface area contributed by atoms with Crippen LogP contribution in [0, 0.1) is 0 Å². The summed E-state index contributed by atoms with van der Waals surface area (Å²) in [6.07, 6.45) is 8.54. The minimum absolute atomic E-state index is 0.337. The van der Waals surface area contributed by atoms with Gasteiger partial charge in [0.15, 0.2) is 0 Å². The predicted octanol–water partition coefficient (Wildman–Crippen LogP) is 3.66. The average molecular weight is 246 g/mol.